The maximum absolute atomic E-state index is 11.6. The van der Waals surface area contributed by atoms with E-state index in [1.54, 1.807) is 6.92 Å². The molecule has 3 amide bonds. The van der Waals surface area contributed by atoms with E-state index in [1.165, 1.54) is 7.05 Å². The number of hydrogen-bond acceptors (Lipinski definition) is 6. The van der Waals surface area contributed by atoms with Crippen molar-refractivity contribution in [3.63, 3.8) is 0 Å². The monoisotopic (exact) mass is 262 g/mol. The molecule has 4 atom stereocenters. The highest BCUT2D eigenvalue weighted by Gasteiger charge is 2.45. The minimum Gasteiger partial charge on any atom is -0.394 e. The number of aliphatic hydroxyl groups excluding tert-OH is 3. The Labute approximate surface area is 104 Å². The summed E-state index contributed by atoms with van der Waals surface area (Å²) in [6.07, 6.45) is -4.54. The normalized spacial score (nSPS) is 31.2. The quantitative estimate of drug-likeness (QED) is 0.467. The second-order valence-electron chi connectivity index (χ2n) is 4.05. The summed E-state index contributed by atoms with van der Waals surface area (Å²) < 4.78 is 5.14. The summed E-state index contributed by atoms with van der Waals surface area (Å²) >= 11 is 0. The number of carbonyl (C=O) groups is 2. The first-order valence-corrected chi connectivity index (χ1v) is 5.61. The summed E-state index contributed by atoms with van der Waals surface area (Å²) in [4.78, 5) is 23.6. The fourth-order valence-corrected chi connectivity index (χ4v) is 1.61. The van der Waals surface area contributed by atoms with Crippen LogP contribution in [-0.2, 0) is 9.53 Å². The lowest BCUT2D eigenvalue weighted by Gasteiger charge is -2.26. The topological polar surface area (TPSA) is 119 Å². The maximum atomic E-state index is 11.6. The molecule has 18 heavy (non-hydrogen) atoms. The van der Waals surface area contributed by atoms with Gasteiger partial charge in [-0.1, -0.05) is 6.92 Å². The number of rotatable bonds is 3. The molecule has 0 aromatic rings. The van der Waals surface area contributed by atoms with Crippen LogP contribution in [0.25, 0.3) is 0 Å². The number of hydrogen-bond donors (Lipinski definition) is 4. The van der Waals surface area contributed by atoms with Crippen LogP contribution in [0.4, 0.5) is 4.79 Å². The molecule has 0 aromatic heterocycles. The third kappa shape index (κ3) is 2.96. The van der Waals surface area contributed by atoms with Gasteiger partial charge in [-0.25, -0.2) is 4.79 Å². The van der Waals surface area contributed by atoms with Gasteiger partial charge in [-0.05, 0) is 0 Å². The van der Waals surface area contributed by atoms with Crippen LogP contribution in [0, 0.1) is 0 Å². The Morgan fingerprint density at radius 3 is 2.39 bits per heavy atom. The molecule has 0 radical (unpaired) electrons. The van der Waals surface area contributed by atoms with Gasteiger partial charge in [0.2, 0.25) is 5.91 Å². The Hall–Kier alpha value is -1.22. The van der Waals surface area contributed by atoms with Crippen molar-refractivity contribution in [2.24, 2.45) is 0 Å². The van der Waals surface area contributed by atoms with E-state index in [-0.39, 0.29) is 6.42 Å². The zero-order valence-corrected chi connectivity index (χ0v) is 10.2. The van der Waals surface area contributed by atoms with E-state index in [2.05, 4.69) is 5.32 Å². The lowest BCUT2D eigenvalue weighted by molar-refractivity contribution is -0.120. The molecule has 0 spiro atoms. The molecular formula is C10H18N2O6. The van der Waals surface area contributed by atoms with Crippen LogP contribution >= 0.6 is 0 Å². The number of ether oxygens (including phenoxy) is 1. The second-order valence-corrected chi connectivity index (χ2v) is 4.05. The van der Waals surface area contributed by atoms with Crippen LogP contribution in [0.3, 0.4) is 0 Å². The summed E-state index contributed by atoms with van der Waals surface area (Å²) in [5.41, 5.74) is 0. The van der Waals surface area contributed by atoms with Crippen molar-refractivity contribution in [3.8, 4) is 0 Å². The maximum Gasteiger partial charge on any atom is 0.325 e. The Morgan fingerprint density at radius 2 is 1.94 bits per heavy atom. The highest BCUT2D eigenvalue weighted by Crippen LogP contribution is 2.23. The smallest absolute Gasteiger partial charge is 0.325 e. The van der Waals surface area contributed by atoms with E-state index in [9.17, 15) is 19.8 Å². The van der Waals surface area contributed by atoms with Gasteiger partial charge in [0.15, 0.2) is 6.23 Å². The van der Waals surface area contributed by atoms with Crippen molar-refractivity contribution in [2.75, 3.05) is 13.7 Å². The number of carbonyl (C=O) groups excluding carboxylic acids is 2. The average Bonchev–Trinajstić information content (AvgIpc) is 2.64. The molecule has 1 heterocycles. The number of nitrogens with one attached hydrogen (secondary N) is 1. The Morgan fingerprint density at radius 1 is 1.33 bits per heavy atom. The Kier molecular flexibility index (Phi) is 5.03. The number of amides is 3. The molecule has 1 aliphatic heterocycles. The molecule has 8 heteroatoms. The molecule has 0 saturated carbocycles. The average molecular weight is 262 g/mol. The number of nitrogens with zero attached hydrogens (tertiary/aromatic N) is 1. The molecule has 0 aromatic carbocycles. The molecular weight excluding hydrogens is 244 g/mol. The summed E-state index contributed by atoms with van der Waals surface area (Å²) in [7, 11) is 1.32. The van der Waals surface area contributed by atoms with E-state index in [0.29, 0.717) is 0 Å². The molecule has 1 fully saturated rings. The van der Waals surface area contributed by atoms with Crippen molar-refractivity contribution in [1.82, 2.24) is 10.2 Å². The van der Waals surface area contributed by atoms with Crippen molar-refractivity contribution < 1.29 is 29.6 Å². The van der Waals surface area contributed by atoms with Crippen molar-refractivity contribution in [2.45, 2.75) is 37.9 Å². The first-order chi connectivity index (χ1) is 8.42. The highest BCUT2D eigenvalue weighted by molar-refractivity contribution is 5.94. The lowest BCUT2D eigenvalue weighted by atomic mass is 10.1. The number of urea groups is 1. The van der Waals surface area contributed by atoms with Crippen molar-refractivity contribution in [1.29, 1.82) is 0 Å². The van der Waals surface area contributed by atoms with Gasteiger partial charge < -0.3 is 20.1 Å². The van der Waals surface area contributed by atoms with Crippen molar-refractivity contribution >= 4 is 11.9 Å². The van der Waals surface area contributed by atoms with Gasteiger partial charge in [0.05, 0.1) is 6.61 Å². The lowest BCUT2D eigenvalue weighted by Crippen LogP contribution is -2.50. The van der Waals surface area contributed by atoms with Crippen LogP contribution in [0.2, 0.25) is 0 Å². The van der Waals surface area contributed by atoms with E-state index in [4.69, 9.17) is 9.84 Å². The van der Waals surface area contributed by atoms with Gasteiger partial charge in [-0.3, -0.25) is 15.0 Å². The summed E-state index contributed by atoms with van der Waals surface area (Å²) in [6, 6.07) is -0.739. The van der Waals surface area contributed by atoms with Crippen LogP contribution < -0.4 is 5.32 Å². The standard InChI is InChI=1S/C10H18N2O6/c1-3-6(14)11-10(17)12(2)9-8(16)7(15)5(4-13)18-9/h5,7-9,13,15-16H,3-4H2,1-2H3,(H,11,14,17). The molecule has 4 N–H and O–H groups in total. The highest BCUT2D eigenvalue weighted by atomic mass is 16.6. The molecule has 104 valence electrons. The zero-order chi connectivity index (χ0) is 13.9. The summed E-state index contributed by atoms with van der Waals surface area (Å²) in [6.45, 7) is 1.12. The number of aliphatic hydroxyl groups is 3. The fourth-order valence-electron chi connectivity index (χ4n) is 1.61. The molecule has 8 nitrogen and oxygen atoms in total. The molecule has 1 saturated heterocycles. The number of likely N-dealkylation sites (N-methyl/N-ethyl adjacent to an activating group) is 1. The molecule has 0 aliphatic carbocycles. The van der Waals surface area contributed by atoms with Crippen LogP contribution in [0.5, 0.6) is 0 Å². The Bertz CT molecular complexity index is 323. The Balaban J connectivity index is 2.64. The van der Waals surface area contributed by atoms with Gasteiger partial charge in [-0.15, -0.1) is 0 Å². The molecule has 1 aliphatic rings. The minimum absolute atomic E-state index is 0.148. The van der Waals surface area contributed by atoms with E-state index in [1.807, 2.05) is 0 Å². The van der Waals surface area contributed by atoms with E-state index >= 15 is 0 Å². The zero-order valence-electron chi connectivity index (χ0n) is 10.2. The van der Waals surface area contributed by atoms with Crippen LogP contribution in [-0.4, -0.2) is 70.4 Å². The SMILES string of the molecule is CCC(=O)NC(=O)N(C)C1OC(CO)C(O)C1O. The first kappa shape index (κ1) is 14.8. The van der Waals surface area contributed by atoms with Gasteiger partial charge in [0, 0.05) is 13.5 Å². The van der Waals surface area contributed by atoms with Crippen molar-refractivity contribution in [3.05, 3.63) is 0 Å². The number of imide groups is 1. The molecule has 1 rings (SSSR count). The predicted octanol–water partition coefficient (Wildman–Crippen LogP) is -2.00. The van der Waals surface area contributed by atoms with Gasteiger partial charge in [0.1, 0.15) is 18.3 Å². The van der Waals surface area contributed by atoms with E-state index in [0.717, 1.165) is 4.90 Å². The van der Waals surface area contributed by atoms with E-state index < -0.39 is 43.1 Å². The van der Waals surface area contributed by atoms with Crippen LogP contribution in [0.1, 0.15) is 13.3 Å². The van der Waals surface area contributed by atoms with Gasteiger partial charge in [0.25, 0.3) is 0 Å². The second kappa shape index (κ2) is 6.10. The largest absolute Gasteiger partial charge is 0.394 e. The minimum atomic E-state index is -1.34. The predicted molar refractivity (Wildman–Crippen MR) is 59.4 cm³/mol. The third-order valence-corrected chi connectivity index (χ3v) is 2.79. The van der Waals surface area contributed by atoms with Gasteiger partial charge in [-0.2, -0.15) is 0 Å². The molecule has 0 bridgehead atoms. The van der Waals surface area contributed by atoms with Crippen LogP contribution in [0.15, 0.2) is 0 Å². The third-order valence-electron chi connectivity index (χ3n) is 2.79. The summed E-state index contributed by atoms with van der Waals surface area (Å²) in [5, 5.41) is 30.2. The summed E-state index contributed by atoms with van der Waals surface area (Å²) in [5.74, 6) is -0.460. The first-order valence-electron chi connectivity index (χ1n) is 5.61. The fraction of sp³-hybridized carbons (Fsp3) is 0.800. The van der Waals surface area contributed by atoms with Gasteiger partial charge >= 0.3 is 6.03 Å². The molecule has 4 unspecified atom stereocenters.